The van der Waals surface area contributed by atoms with Gasteiger partial charge in [0.15, 0.2) is 11.5 Å². The average Bonchev–Trinajstić information content (AvgIpc) is 2.37. The Hall–Kier alpha value is -1.21. The number of methoxy groups -OCH3 is 2. The molecule has 0 aliphatic rings. The van der Waals surface area contributed by atoms with Crippen LogP contribution in [0, 0.1) is 0 Å². The summed E-state index contributed by atoms with van der Waals surface area (Å²) in [6.07, 6.45) is -3.90. The van der Waals surface area contributed by atoms with Crippen molar-refractivity contribution in [2.75, 3.05) is 14.2 Å². The maximum atomic E-state index is 13.2. The van der Waals surface area contributed by atoms with Crippen LogP contribution in [0.15, 0.2) is 12.1 Å². The molecule has 8 heteroatoms. The van der Waals surface area contributed by atoms with Crippen LogP contribution in [0.25, 0.3) is 0 Å². The monoisotopic (exact) mass is 301 g/mol. The Balaban J connectivity index is 3.28. The van der Waals surface area contributed by atoms with E-state index in [1.54, 1.807) is 0 Å². The Kier molecular flexibility index (Phi) is 4.86. The third kappa shape index (κ3) is 3.03. The molecule has 0 saturated heterocycles. The second kappa shape index (κ2) is 5.83. The van der Waals surface area contributed by atoms with E-state index >= 15 is 0 Å². The lowest BCUT2D eigenvalue weighted by atomic mass is 10.0. The first-order valence-electron chi connectivity index (χ1n) is 5.08. The lowest BCUT2D eigenvalue weighted by molar-refractivity contribution is -0.144. The highest BCUT2D eigenvalue weighted by Gasteiger charge is 2.48. The lowest BCUT2D eigenvalue weighted by Gasteiger charge is -2.24. The molecular formula is C11H12ClF4NO2. The van der Waals surface area contributed by atoms with Crippen LogP contribution in [0.4, 0.5) is 17.6 Å². The van der Waals surface area contributed by atoms with Crippen molar-refractivity contribution < 1.29 is 27.0 Å². The fraction of sp³-hybridized carbons (Fsp3) is 0.455. The molecule has 0 fully saturated rings. The predicted octanol–water partition coefficient (Wildman–Crippen LogP) is 3.26. The number of nitrogens with two attached hydrogens (primary N) is 1. The minimum absolute atomic E-state index is 0.0717. The second-order valence-electron chi connectivity index (χ2n) is 3.68. The zero-order valence-electron chi connectivity index (χ0n) is 10.1. The molecule has 1 aromatic rings. The van der Waals surface area contributed by atoms with E-state index in [1.807, 2.05) is 0 Å². The first kappa shape index (κ1) is 15.8. The molecule has 1 unspecified atom stereocenters. The quantitative estimate of drug-likeness (QED) is 0.849. The van der Waals surface area contributed by atoms with Crippen LogP contribution < -0.4 is 15.2 Å². The van der Waals surface area contributed by atoms with E-state index in [2.05, 4.69) is 0 Å². The summed E-state index contributed by atoms with van der Waals surface area (Å²) in [6, 6.07) is -0.0148. The summed E-state index contributed by atoms with van der Waals surface area (Å²) >= 11 is 5.75. The van der Waals surface area contributed by atoms with E-state index in [-0.39, 0.29) is 22.1 Å². The number of halogens is 5. The van der Waals surface area contributed by atoms with Crippen molar-refractivity contribution in [2.24, 2.45) is 5.73 Å². The van der Waals surface area contributed by atoms with Crippen molar-refractivity contribution >= 4 is 11.6 Å². The van der Waals surface area contributed by atoms with E-state index in [9.17, 15) is 17.6 Å². The zero-order chi connectivity index (χ0) is 14.8. The molecule has 0 aliphatic heterocycles. The molecule has 108 valence electrons. The van der Waals surface area contributed by atoms with Crippen LogP contribution in [0.5, 0.6) is 11.5 Å². The summed E-state index contributed by atoms with van der Waals surface area (Å²) in [7, 11) is 2.59. The summed E-state index contributed by atoms with van der Waals surface area (Å²) < 4.78 is 60.8. The van der Waals surface area contributed by atoms with Gasteiger partial charge in [0.2, 0.25) is 0 Å². The summed E-state index contributed by atoms with van der Waals surface area (Å²) in [5, 5.41) is -0.203. The second-order valence-corrected chi connectivity index (χ2v) is 4.09. The van der Waals surface area contributed by atoms with Crippen molar-refractivity contribution in [2.45, 2.75) is 18.4 Å². The van der Waals surface area contributed by atoms with Gasteiger partial charge in [0, 0.05) is 11.1 Å². The van der Waals surface area contributed by atoms with Gasteiger partial charge >= 0.3 is 12.3 Å². The van der Waals surface area contributed by atoms with Crippen LogP contribution in [-0.4, -0.2) is 26.6 Å². The molecule has 2 N–H and O–H groups in total. The normalized spacial score (nSPS) is 13.5. The molecule has 0 saturated carbocycles. The van der Waals surface area contributed by atoms with Crippen LogP contribution in [0.3, 0.4) is 0 Å². The fourth-order valence-corrected chi connectivity index (χ4v) is 1.72. The van der Waals surface area contributed by atoms with Gasteiger partial charge in [-0.05, 0) is 11.6 Å². The molecule has 0 amide bonds. The molecule has 19 heavy (non-hydrogen) atoms. The van der Waals surface area contributed by atoms with Gasteiger partial charge in [0.1, 0.15) is 6.04 Å². The molecule has 0 heterocycles. The van der Waals surface area contributed by atoms with Crippen LogP contribution >= 0.6 is 11.6 Å². The molecule has 0 spiro atoms. The molecule has 1 rings (SSSR count). The van der Waals surface area contributed by atoms with Gasteiger partial charge in [-0.1, -0.05) is 11.6 Å². The zero-order valence-corrected chi connectivity index (χ0v) is 10.8. The van der Waals surface area contributed by atoms with E-state index in [4.69, 9.17) is 26.8 Å². The molecule has 0 aliphatic carbocycles. The summed E-state index contributed by atoms with van der Waals surface area (Å²) in [4.78, 5) is 0. The maximum absolute atomic E-state index is 13.2. The van der Waals surface area contributed by atoms with Crippen molar-refractivity contribution in [3.63, 3.8) is 0 Å². The smallest absolute Gasteiger partial charge is 0.326 e. The highest BCUT2D eigenvalue weighted by atomic mass is 35.5. The fourth-order valence-electron chi connectivity index (χ4n) is 1.45. The SMILES string of the molecule is COc1cc(Cl)c(C(N)C(F)(F)C(F)F)cc1OC. The van der Waals surface area contributed by atoms with Crippen molar-refractivity contribution in [1.82, 2.24) is 0 Å². The summed E-state index contributed by atoms with van der Waals surface area (Å²) in [6.45, 7) is 0. The Labute approximate surface area is 112 Å². The Morgan fingerprint density at radius 1 is 1.16 bits per heavy atom. The van der Waals surface area contributed by atoms with Gasteiger partial charge < -0.3 is 15.2 Å². The maximum Gasteiger partial charge on any atom is 0.326 e. The molecule has 3 nitrogen and oxygen atoms in total. The van der Waals surface area contributed by atoms with Gasteiger partial charge in [0.25, 0.3) is 0 Å². The number of ether oxygens (including phenoxy) is 2. The minimum atomic E-state index is -4.40. The van der Waals surface area contributed by atoms with Crippen LogP contribution in [0.2, 0.25) is 5.02 Å². The lowest BCUT2D eigenvalue weighted by Crippen LogP contribution is -2.39. The number of alkyl halides is 4. The van der Waals surface area contributed by atoms with Gasteiger partial charge in [-0.3, -0.25) is 0 Å². The Bertz CT molecular complexity index is 457. The number of hydrogen-bond acceptors (Lipinski definition) is 3. The first-order chi connectivity index (χ1) is 8.75. The van der Waals surface area contributed by atoms with Gasteiger partial charge in [-0.2, -0.15) is 8.78 Å². The van der Waals surface area contributed by atoms with Crippen molar-refractivity contribution in [3.8, 4) is 11.5 Å². The standard InChI is InChI=1S/C11H12ClF4NO2/c1-18-7-3-5(6(12)4-8(7)19-2)9(17)11(15,16)10(13)14/h3-4,9-10H,17H2,1-2H3. The average molecular weight is 302 g/mol. The third-order valence-electron chi connectivity index (χ3n) is 2.54. The molecule has 1 aromatic carbocycles. The molecule has 0 radical (unpaired) electrons. The minimum Gasteiger partial charge on any atom is -0.493 e. The van der Waals surface area contributed by atoms with Crippen LogP contribution in [-0.2, 0) is 0 Å². The summed E-state index contributed by atoms with van der Waals surface area (Å²) in [5.74, 6) is -4.14. The van der Waals surface area contributed by atoms with Crippen LogP contribution in [0.1, 0.15) is 11.6 Å². The first-order valence-corrected chi connectivity index (χ1v) is 5.46. The third-order valence-corrected chi connectivity index (χ3v) is 2.87. The largest absolute Gasteiger partial charge is 0.493 e. The van der Waals surface area contributed by atoms with Gasteiger partial charge in [-0.15, -0.1) is 0 Å². The van der Waals surface area contributed by atoms with E-state index in [0.717, 1.165) is 6.07 Å². The number of hydrogen-bond donors (Lipinski definition) is 1. The highest BCUT2D eigenvalue weighted by molar-refractivity contribution is 6.31. The molecule has 1 atom stereocenters. The Morgan fingerprint density at radius 3 is 2.05 bits per heavy atom. The van der Waals surface area contributed by atoms with E-state index < -0.39 is 18.4 Å². The predicted molar refractivity (Wildman–Crippen MR) is 62.4 cm³/mol. The van der Waals surface area contributed by atoms with Gasteiger partial charge in [-0.25, -0.2) is 8.78 Å². The molecule has 0 bridgehead atoms. The van der Waals surface area contributed by atoms with E-state index in [0.29, 0.717) is 0 Å². The molecule has 0 aromatic heterocycles. The highest BCUT2D eigenvalue weighted by Crippen LogP contribution is 2.41. The summed E-state index contributed by atoms with van der Waals surface area (Å²) in [5.41, 5.74) is 4.84. The van der Waals surface area contributed by atoms with E-state index in [1.165, 1.54) is 20.3 Å². The van der Waals surface area contributed by atoms with Crippen molar-refractivity contribution in [3.05, 3.63) is 22.7 Å². The molecular weight excluding hydrogens is 290 g/mol. The number of rotatable bonds is 5. The van der Waals surface area contributed by atoms with Gasteiger partial charge in [0.05, 0.1) is 14.2 Å². The Morgan fingerprint density at radius 2 is 1.63 bits per heavy atom. The van der Waals surface area contributed by atoms with Crippen molar-refractivity contribution in [1.29, 1.82) is 0 Å². The topological polar surface area (TPSA) is 44.5 Å². The number of benzene rings is 1.